The molecule has 8 heteroatoms. The second kappa shape index (κ2) is 6.22. The van der Waals surface area contributed by atoms with Gasteiger partial charge in [0.2, 0.25) is 10.0 Å². The SMILES string of the molecule is O=S1(=O)CCC(S(=O)(=O)NCC2(CBr)CCCC2)CC1. The zero-order valence-electron chi connectivity index (χ0n) is 11.5. The molecule has 0 atom stereocenters. The van der Waals surface area contributed by atoms with Gasteiger partial charge in [-0.2, -0.15) is 0 Å². The van der Waals surface area contributed by atoms with Crippen molar-refractivity contribution in [3.63, 3.8) is 0 Å². The summed E-state index contributed by atoms with van der Waals surface area (Å²) in [6, 6.07) is 0. The van der Waals surface area contributed by atoms with Crippen LogP contribution in [0.15, 0.2) is 0 Å². The van der Waals surface area contributed by atoms with E-state index in [1.54, 1.807) is 0 Å². The van der Waals surface area contributed by atoms with Gasteiger partial charge in [0.1, 0.15) is 9.84 Å². The topological polar surface area (TPSA) is 80.3 Å². The van der Waals surface area contributed by atoms with Crippen molar-refractivity contribution in [1.29, 1.82) is 0 Å². The molecule has 2 fully saturated rings. The Labute approximate surface area is 130 Å². The molecule has 0 aromatic rings. The Kier molecular flexibility index (Phi) is 5.20. The second-order valence-corrected chi connectivity index (χ2v) is 11.0. The van der Waals surface area contributed by atoms with Crippen LogP contribution in [-0.4, -0.2) is 45.5 Å². The summed E-state index contributed by atoms with van der Waals surface area (Å²) < 4.78 is 50.0. The van der Waals surface area contributed by atoms with Crippen LogP contribution in [0.2, 0.25) is 0 Å². The molecule has 0 aromatic heterocycles. The monoisotopic (exact) mass is 387 g/mol. The van der Waals surface area contributed by atoms with E-state index in [0.29, 0.717) is 6.54 Å². The van der Waals surface area contributed by atoms with E-state index in [1.165, 1.54) is 0 Å². The summed E-state index contributed by atoms with van der Waals surface area (Å²) >= 11 is 3.50. The van der Waals surface area contributed by atoms with Gasteiger partial charge < -0.3 is 0 Å². The lowest BCUT2D eigenvalue weighted by Crippen LogP contribution is -2.44. The van der Waals surface area contributed by atoms with Crippen molar-refractivity contribution in [2.24, 2.45) is 5.41 Å². The molecule has 1 saturated carbocycles. The first-order valence-corrected chi connectivity index (χ1v) is 11.5. The van der Waals surface area contributed by atoms with Crippen LogP contribution in [0.4, 0.5) is 0 Å². The van der Waals surface area contributed by atoms with Crippen LogP contribution in [0.3, 0.4) is 0 Å². The smallest absolute Gasteiger partial charge is 0.214 e. The number of sulfone groups is 1. The summed E-state index contributed by atoms with van der Waals surface area (Å²) in [6.45, 7) is 0.462. The van der Waals surface area contributed by atoms with Gasteiger partial charge >= 0.3 is 0 Å². The fourth-order valence-corrected chi connectivity index (χ4v) is 7.18. The lowest BCUT2D eigenvalue weighted by atomic mass is 9.89. The predicted molar refractivity (Wildman–Crippen MR) is 83.3 cm³/mol. The molecule has 0 radical (unpaired) electrons. The third kappa shape index (κ3) is 3.96. The molecule has 20 heavy (non-hydrogen) atoms. The van der Waals surface area contributed by atoms with E-state index in [0.717, 1.165) is 31.0 Å². The van der Waals surface area contributed by atoms with Crippen LogP contribution in [0, 0.1) is 5.41 Å². The van der Waals surface area contributed by atoms with E-state index >= 15 is 0 Å². The van der Waals surface area contributed by atoms with Crippen molar-refractivity contribution in [3.05, 3.63) is 0 Å². The van der Waals surface area contributed by atoms with E-state index in [2.05, 4.69) is 20.7 Å². The summed E-state index contributed by atoms with van der Waals surface area (Å²) in [6.07, 6.45) is 4.82. The maximum atomic E-state index is 12.3. The average molecular weight is 388 g/mol. The first-order valence-electron chi connectivity index (χ1n) is 7.04. The fourth-order valence-electron chi connectivity index (χ4n) is 3.03. The zero-order chi connectivity index (χ0) is 14.9. The molecule has 0 amide bonds. The molecule has 0 aromatic carbocycles. The first kappa shape index (κ1) is 16.7. The number of sulfonamides is 1. The predicted octanol–water partition coefficient (Wildman–Crippen LogP) is 1.44. The Hall–Kier alpha value is 0.340. The third-order valence-corrected chi connectivity index (χ3v) is 9.34. The quantitative estimate of drug-likeness (QED) is 0.723. The molecule has 5 nitrogen and oxygen atoms in total. The van der Waals surface area contributed by atoms with E-state index in [-0.39, 0.29) is 29.8 Å². The van der Waals surface area contributed by atoms with Gasteiger partial charge in [0.15, 0.2) is 0 Å². The van der Waals surface area contributed by atoms with E-state index in [9.17, 15) is 16.8 Å². The molecule has 118 valence electrons. The van der Waals surface area contributed by atoms with E-state index in [1.807, 2.05) is 0 Å². The van der Waals surface area contributed by atoms with Gasteiger partial charge in [0.25, 0.3) is 0 Å². The average Bonchev–Trinajstić information content (AvgIpc) is 2.86. The highest BCUT2D eigenvalue weighted by atomic mass is 79.9. The van der Waals surface area contributed by atoms with Crippen molar-refractivity contribution >= 4 is 35.8 Å². The van der Waals surface area contributed by atoms with E-state index in [4.69, 9.17) is 0 Å². The minimum absolute atomic E-state index is 0.0117. The molecule has 1 N–H and O–H groups in total. The van der Waals surface area contributed by atoms with E-state index < -0.39 is 25.1 Å². The summed E-state index contributed by atoms with van der Waals surface area (Å²) in [4.78, 5) is 0. The number of hydrogen-bond donors (Lipinski definition) is 1. The summed E-state index contributed by atoms with van der Waals surface area (Å²) in [5.74, 6) is -0.0235. The molecule has 0 unspecified atom stereocenters. The zero-order valence-corrected chi connectivity index (χ0v) is 14.7. The Morgan fingerprint density at radius 1 is 1.15 bits per heavy atom. The molecular weight excluding hydrogens is 366 g/mol. The van der Waals surface area contributed by atoms with Crippen LogP contribution >= 0.6 is 15.9 Å². The minimum Gasteiger partial charge on any atom is -0.229 e. The van der Waals surface area contributed by atoms with Crippen molar-refractivity contribution < 1.29 is 16.8 Å². The normalized spacial score (nSPS) is 26.6. The fraction of sp³-hybridized carbons (Fsp3) is 1.00. The van der Waals surface area contributed by atoms with Gasteiger partial charge in [-0.15, -0.1) is 0 Å². The highest BCUT2D eigenvalue weighted by Crippen LogP contribution is 2.39. The Bertz CT molecular complexity index is 524. The molecule has 1 aliphatic heterocycles. The lowest BCUT2D eigenvalue weighted by molar-refractivity contribution is 0.346. The van der Waals surface area contributed by atoms with Crippen molar-refractivity contribution in [2.45, 2.75) is 43.8 Å². The van der Waals surface area contributed by atoms with Gasteiger partial charge in [0.05, 0.1) is 16.8 Å². The lowest BCUT2D eigenvalue weighted by Gasteiger charge is -2.29. The maximum Gasteiger partial charge on any atom is 0.214 e. The molecule has 1 saturated heterocycles. The first-order chi connectivity index (χ1) is 9.29. The van der Waals surface area contributed by atoms with Crippen molar-refractivity contribution in [1.82, 2.24) is 4.72 Å². The maximum absolute atomic E-state index is 12.3. The highest BCUT2D eigenvalue weighted by molar-refractivity contribution is 9.09. The molecule has 2 rings (SSSR count). The van der Waals surface area contributed by atoms with Crippen LogP contribution in [0.1, 0.15) is 38.5 Å². The van der Waals surface area contributed by atoms with Gasteiger partial charge in [-0.05, 0) is 31.1 Å². The van der Waals surface area contributed by atoms with Crippen LogP contribution < -0.4 is 4.72 Å². The Morgan fingerprint density at radius 2 is 1.70 bits per heavy atom. The van der Waals surface area contributed by atoms with Gasteiger partial charge in [-0.3, -0.25) is 0 Å². The number of alkyl halides is 1. The Morgan fingerprint density at radius 3 is 2.20 bits per heavy atom. The van der Waals surface area contributed by atoms with Gasteiger partial charge in [-0.25, -0.2) is 21.6 Å². The number of halogens is 1. The van der Waals surface area contributed by atoms with Gasteiger partial charge in [0, 0.05) is 11.9 Å². The van der Waals surface area contributed by atoms with Crippen molar-refractivity contribution in [2.75, 3.05) is 23.4 Å². The number of rotatable bonds is 5. The minimum atomic E-state index is -3.40. The summed E-state index contributed by atoms with van der Waals surface area (Å²) in [7, 11) is -6.43. The summed E-state index contributed by atoms with van der Waals surface area (Å²) in [5.41, 5.74) is 0.0355. The standard InChI is InChI=1S/C12H22BrNO4S2/c13-9-12(5-1-2-6-12)10-14-20(17,18)11-3-7-19(15,16)8-4-11/h11,14H,1-10H2. The third-order valence-electron chi connectivity index (χ3n) is 4.54. The number of hydrogen-bond acceptors (Lipinski definition) is 4. The number of nitrogens with one attached hydrogen (secondary N) is 1. The van der Waals surface area contributed by atoms with Gasteiger partial charge in [-0.1, -0.05) is 28.8 Å². The molecule has 1 heterocycles. The highest BCUT2D eigenvalue weighted by Gasteiger charge is 2.37. The molecule has 2 aliphatic rings. The van der Waals surface area contributed by atoms with Crippen LogP contribution in [0.5, 0.6) is 0 Å². The second-order valence-electron chi connectivity index (χ2n) is 6.06. The molecule has 1 aliphatic carbocycles. The van der Waals surface area contributed by atoms with Crippen LogP contribution in [-0.2, 0) is 19.9 Å². The Balaban J connectivity index is 1.94. The van der Waals surface area contributed by atoms with Crippen molar-refractivity contribution in [3.8, 4) is 0 Å². The summed E-state index contributed by atoms with van der Waals surface area (Å²) in [5, 5.41) is 0.251. The largest absolute Gasteiger partial charge is 0.229 e. The van der Waals surface area contributed by atoms with Crippen LogP contribution in [0.25, 0.3) is 0 Å². The molecule has 0 bridgehead atoms. The molecular formula is C12H22BrNO4S2. The molecule has 0 spiro atoms.